The minimum Gasteiger partial charge on any atom is -0.505 e. The topological polar surface area (TPSA) is 78.4 Å². The molecule has 20 heavy (non-hydrogen) atoms. The zero-order valence-corrected chi connectivity index (χ0v) is 9.97. The molecular formula is C12H8F2N4O2. The second-order valence-corrected chi connectivity index (χ2v) is 4.14. The fourth-order valence-electron chi connectivity index (χ4n) is 1.96. The molecule has 0 saturated carbocycles. The van der Waals surface area contributed by atoms with E-state index in [4.69, 9.17) is 0 Å². The number of fused-ring (bicyclic) bond motifs is 1. The number of anilines is 2. The van der Waals surface area contributed by atoms with Crippen LogP contribution in [0.3, 0.4) is 0 Å². The van der Waals surface area contributed by atoms with E-state index in [1.54, 1.807) is 0 Å². The normalized spacial score (nSPS) is 13.9. The second kappa shape index (κ2) is 4.41. The van der Waals surface area contributed by atoms with Gasteiger partial charge in [-0.2, -0.15) is 0 Å². The number of aromatic nitrogens is 2. The first kappa shape index (κ1) is 12.3. The summed E-state index contributed by atoms with van der Waals surface area (Å²) in [7, 11) is 0. The molecule has 0 aliphatic carbocycles. The number of carbonyl (C=O) groups excluding carboxylic acids is 1. The smallest absolute Gasteiger partial charge is 0.327 e. The van der Waals surface area contributed by atoms with Crippen LogP contribution in [-0.2, 0) is 6.54 Å². The van der Waals surface area contributed by atoms with Crippen molar-refractivity contribution in [2.45, 2.75) is 6.54 Å². The maximum absolute atomic E-state index is 13.9. The molecule has 0 bridgehead atoms. The molecular weight excluding hydrogens is 270 g/mol. The molecule has 1 aliphatic heterocycles. The maximum atomic E-state index is 13.9. The van der Waals surface area contributed by atoms with Crippen LogP contribution in [-0.4, -0.2) is 21.1 Å². The Balaban J connectivity index is 2.09. The second-order valence-electron chi connectivity index (χ2n) is 4.14. The summed E-state index contributed by atoms with van der Waals surface area (Å²) in [6.07, 6.45) is 2.69. The first-order valence-corrected chi connectivity index (χ1v) is 5.62. The summed E-state index contributed by atoms with van der Waals surface area (Å²) in [6.45, 7) is -0.0979. The van der Waals surface area contributed by atoms with Gasteiger partial charge in [-0.05, 0) is 12.1 Å². The van der Waals surface area contributed by atoms with Gasteiger partial charge in [0.25, 0.3) is 0 Å². The van der Waals surface area contributed by atoms with E-state index in [-0.39, 0.29) is 6.54 Å². The number of amides is 2. The van der Waals surface area contributed by atoms with Crippen molar-refractivity contribution in [3.63, 3.8) is 0 Å². The van der Waals surface area contributed by atoms with Crippen LogP contribution in [0.2, 0.25) is 0 Å². The largest absolute Gasteiger partial charge is 0.505 e. The Morgan fingerprint density at radius 2 is 2.15 bits per heavy atom. The average Bonchev–Trinajstić information content (AvgIpc) is 2.44. The van der Waals surface area contributed by atoms with Gasteiger partial charge < -0.3 is 5.11 Å². The molecule has 0 radical (unpaired) electrons. The summed E-state index contributed by atoms with van der Waals surface area (Å²) in [5.74, 6) is -2.58. The number of phenolic OH excluding ortho intramolecular Hbond substituents is 1. The van der Waals surface area contributed by atoms with Crippen molar-refractivity contribution in [2.75, 3.05) is 10.2 Å². The first-order valence-electron chi connectivity index (χ1n) is 5.62. The quantitative estimate of drug-likeness (QED) is 0.836. The number of carbonyl (C=O) groups is 1. The van der Waals surface area contributed by atoms with E-state index in [2.05, 4.69) is 15.3 Å². The number of nitrogens with one attached hydrogen (secondary N) is 1. The zero-order valence-electron chi connectivity index (χ0n) is 9.97. The van der Waals surface area contributed by atoms with Gasteiger partial charge in [-0.25, -0.2) is 23.5 Å². The van der Waals surface area contributed by atoms with Gasteiger partial charge in [-0.3, -0.25) is 10.2 Å². The van der Waals surface area contributed by atoms with E-state index in [0.717, 1.165) is 17.0 Å². The maximum Gasteiger partial charge on any atom is 0.327 e. The van der Waals surface area contributed by atoms with Gasteiger partial charge in [0, 0.05) is 11.8 Å². The molecule has 8 heteroatoms. The standard InChI is InChI=1S/C12H8F2N4O2/c13-7-1-2-8(19)9(14)10(7)18-4-6-3-15-5-16-11(6)17-12(18)20/h1-3,5,19H,4H2,(H,15,16,17,20). The molecule has 6 nitrogen and oxygen atoms in total. The van der Waals surface area contributed by atoms with Gasteiger partial charge in [0.2, 0.25) is 0 Å². The van der Waals surface area contributed by atoms with Crippen LogP contribution < -0.4 is 10.2 Å². The lowest BCUT2D eigenvalue weighted by Gasteiger charge is -2.28. The van der Waals surface area contributed by atoms with Gasteiger partial charge in [-0.15, -0.1) is 0 Å². The highest BCUT2D eigenvalue weighted by Crippen LogP contribution is 2.33. The van der Waals surface area contributed by atoms with Crippen LogP contribution in [0.4, 0.5) is 25.1 Å². The number of phenols is 1. The lowest BCUT2D eigenvalue weighted by atomic mass is 10.2. The molecule has 0 atom stereocenters. The van der Waals surface area contributed by atoms with Crippen LogP contribution in [0.1, 0.15) is 5.56 Å². The van der Waals surface area contributed by atoms with E-state index in [0.29, 0.717) is 11.4 Å². The third-order valence-corrected chi connectivity index (χ3v) is 2.90. The van der Waals surface area contributed by atoms with Crippen LogP contribution in [0.5, 0.6) is 5.75 Å². The lowest BCUT2D eigenvalue weighted by Crippen LogP contribution is -2.40. The molecule has 0 spiro atoms. The van der Waals surface area contributed by atoms with Gasteiger partial charge in [-0.1, -0.05) is 0 Å². The van der Waals surface area contributed by atoms with E-state index >= 15 is 0 Å². The lowest BCUT2D eigenvalue weighted by molar-refractivity contribution is 0.255. The molecule has 102 valence electrons. The summed E-state index contributed by atoms with van der Waals surface area (Å²) in [6, 6.07) is 1.03. The van der Waals surface area contributed by atoms with E-state index in [1.165, 1.54) is 12.5 Å². The summed E-state index contributed by atoms with van der Waals surface area (Å²) in [5, 5.41) is 11.7. The van der Waals surface area contributed by atoms with Crippen LogP contribution >= 0.6 is 0 Å². The highest BCUT2D eigenvalue weighted by molar-refractivity contribution is 6.03. The molecule has 2 N–H and O–H groups in total. The molecule has 0 saturated heterocycles. The van der Waals surface area contributed by atoms with Gasteiger partial charge in [0.1, 0.15) is 23.6 Å². The number of aromatic hydroxyl groups is 1. The van der Waals surface area contributed by atoms with Crippen molar-refractivity contribution >= 4 is 17.5 Å². The molecule has 1 aromatic carbocycles. The van der Waals surface area contributed by atoms with Crippen molar-refractivity contribution in [3.05, 3.63) is 41.9 Å². The summed E-state index contributed by atoms with van der Waals surface area (Å²) >= 11 is 0. The van der Waals surface area contributed by atoms with E-state index < -0.39 is 29.1 Å². The van der Waals surface area contributed by atoms with Crippen LogP contribution in [0, 0.1) is 11.6 Å². The fraction of sp³-hybridized carbons (Fsp3) is 0.0833. The van der Waals surface area contributed by atoms with Gasteiger partial charge in [0.15, 0.2) is 11.6 Å². The fourth-order valence-corrected chi connectivity index (χ4v) is 1.96. The SMILES string of the molecule is O=C1Nc2ncncc2CN1c1c(F)ccc(O)c1F. The molecule has 3 rings (SSSR count). The third kappa shape index (κ3) is 1.81. The summed E-state index contributed by atoms with van der Waals surface area (Å²) < 4.78 is 27.6. The summed E-state index contributed by atoms with van der Waals surface area (Å²) in [5.41, 5.74) is -0.105. The van der Waals surface area contributed by atoms with Crippen LogP contribution in [0.25, 0.3) is 0 Å². The number of nitrogens with zero attached hydrogens (tertiary/aromatic N) is 3. The van der Waals surface area contributed by atoms with Crippen molar-refractivity contribution in [3.8, 4) is 5.75 Å². The molecule has 0 fully saturated rings. The Morgan fingerprint density at radius 1 is 1.35 bits per heavy atom. The summed E-state index contributed by atoms with van der Waals surface area (Å²) in [4.78, 5) is 20.4. The Labute approximate surface area is 111 Å². The number of hydrogen-bond donors (Lipinski definition) is 2. The van der Waals surface area contributed by atoms with Crippen molar-refractivity contribution in [1.82, 2.24) is 9.97 Å². The Hall–Kier alpha value is -2.77. The number of urea groups is 1. The molecule has 2 amide bonds. The predicted molar refractivity (Wildman–Crippen MR) is 65.3 cm³/mol. The monoisotopic (exact) mass is 278 g/mol. The number of halogens is 2. The van der Waals surface area contributed by atoms with E-state index in [1.807, 2.05) is 0 Å². The highest BCUT2D eigenvalue weighted by Gasteiger charge is 2.30. The van der Waals surface area contributed by atoms with Crippen LogP contribution in [0.15, 0.2) is 24.7 Å². The van der Waals surface area contributed by atoms with E-state index in [9.17, 15) is 18.7 Å². The van der Waals surface area contributed by atoms with Gasteiger partial charge >= 0.3 is 6.03 Å². The highest BCUT2D eigenvalue weighted by atomic mass is 19.1. The van der Waals surface area contributed by atoms with Crippen molar-refractivity contribution < 1.29 is 18.7 Å². The molecule has 2 heterocycles. The predicted octanol–water partition coefficient (Wildman–Crippen LogP) is 2.01. The minimum atomic E-state index is -1.19. The van der Waals surface area contributed by atoms with Crippen molar-refractivity contribution in [1.29, 1.82) is 0 Å². The zero-order chi connectivity index (χ0) is 14.3. The molecule has 2 aromatic rings. The van der Waals surface area contributed by atoms with Crippen molar-refractivity contribution in [2.24, 2.45) is 0 Å². The molecule has 0 unspecified atom stereocenters. The average molecular weight is 278 g/mol. The Bertz CT molecular complexity index is 708. The molecule has 1 aromatic heterocycles. The Morgan fingerprint density at radius 3 is 2.95 bits per heavy atom. The minimum absolute atomic E-state index is 0.0979. The third-order valence-electron chi connectivity index (χ3n) is 2.90. The number of benzene rings is 1. The Kier molecular flexibility index (Phi) is 2.70. The number of rotatable bonds is 1. The number of hydrogen-bond acceptors (Lipinski definition) is 4. The first-order chi connectivity index (χ1) is 9.58. The van der Waals surface area contributed by atoms with Gasteiger partial charge in [0.05, 0.1) is 6.54 Å². The molecule has 1 aliphatic rings.